The first-order valence-corrected chi connectivity index (χ1v) is 9.82. The molecule has 2 nitrogen and oxygen atoms in total. The molecule has 0 aliphatic carbocycles. The second kappa shape index (κ2) is 5.25. The van der Waals surface area contributed by atoms with Gasteiger partial charge in [0.15, 0.2) is 11.5 Å². The molecule has 0 unspecified atom stereocenters. The predicted octanol–water partition coefficient (Wildman–Crippen LogP) is 5.15. The van der Waals surface area contributed by atoms with Crippen molar-refractivity contribution >= 4 is 24.2 Å². The van der Waals surface area contributed by atoms with E-state index in [4.69, 9.17) is 9.16 Å². The van der Waals surface area contributed by atoms with Gasteiger partial charge in [0.25, 0.3) is 8.32 Å². The van der Waals surface area contributed by atoms with Gasteiger partial charge in [0.05, 0.1) is 11.6 Å². The normalized spacial score (nSPS) is 12.4. The summed E-state index contributed by atoms with van der Waals surface area (Å²) in [6, 6.07) is 4.07. The van der Waals surface area contributed by atoms with Crippen LogP contribution in [-0.4, -0.2) is 15.4 Å². The van der Waals surface area contributed by atoms with Gasteiger partial charge in [-0.25, -0.2) is 0 Å². The lowest BCUT2D eigenvalue weighted by Crippen LogP contribution is -2.44. The average Bonchev–Trinajstić information content (AvgIpc) is 2.19. The van der Waals surface area contributed by atoms with Crippen LogP contribution in [0.1, 0.15) is 26.3 Å². The summed E-state index contributed by atoms with van der Waals surface area (Å²) in [5.74, 6) is 1.63. The van der Waals surface area contributed by atoms with Gasteiger partial charge in [0.1, 0.15) is 0 Å². The molecule has 0 amide bonds. The van der Waals surface area contributed by atoms with E-state index in [-0.39, 0.29) is 5.04 Å². The quantitative estimate of drug-likeness (QED) is 0.713. The largest absolute Gasteiger partial charge is 0.540 e. The molecule has 0 saturated carbocycles. The first-order valence-electron chi connectivity index (χ1n) is 6.11. The van der Waals surface area contributed by atoms with E-state index in [1.165, 1.54) is 0 Å². The number of ether oxygens (including phenoxy) is 1. The van der Waals surface area contributed by atoms with Crippen molar-refractivity contribution in [1.29, 1.82) is 0 Å². The zero-order chi connectivity index (χ0) is 14.1. The number of benzene rings is 1. The molecule has 0 fully saturated rings. The second-order valence-corrected chi connectivity index (χ2v) is 11.7. The third-order valence-electron chi connectivity index (χ3n) is 3.54. The van der Waals surface area contributed by atoms with E-state index < -0.39 is 8.32 Å². The molecule has 0 N–H and O–H groups in total. The molecule has 0 spiro atoms. The van der Waals surface area contributed by atoms with Crippen LogP contribution in [0, 0.1) is 6.92 Å². The summed E-state index contributed by atoms with van der Waals surface area (Å²) in [4.78, 5) is 0. The third kappa shape index (κ3) is 3.29. The molecule has 0 bridgehead atoms. The average molecular weight is 331 g/mol. The maximum Gasteiger partial charge on any atom is 0.250 e. The van der Waals surface area contributed by atoms with E-state index in [9.17, 15) is 0 Å². The van der Waals surface area contributed by atoms with Crippen molar-refractivity contribution in [3.63, 3.8) is 0 Å². The summed E-state index contributed by atoms with van der Waals surface area (Å²) in [6.45, 7) is 13.2. The van der Waals surface area contributed by atoms with Gasteiger partial charge in [-0.1, -0.05) is 20.8 Å². The molecule has 0 radical (unpaired) electrons. The van der Waals surface area contributed by atoms with Gasteiger partial charge in [-0.05, 0) is 58.7 Å². The highest BCUT2D eigenvalue weighted by Crippen LogP contribution is 2.43. The number of halogens is 1. The van der Waals surface area contributed by atoms with Crippen LogP contribution in [0.2, 0.25) is 18.1 Å². The summed E-state index contributed by atoms with van der Waals surface area (Å²) in [7, 11) is -0.172. The Balaban J connectivity index is 3.19. The summed E-state index contributed by atoms with van der Waals surface area (Å²) in [5, 5.41) is 0.169. The maximum atomic E-state index is 6.34. The second-order valence-electron chi connectivity index (χ2n) is 6.14. The Hall–Kier alpha value is -0.483. The molecule has 0 aliphatic rings. The summed E-state index contributed by atoms with van der Waals surface area (Å²) in [5.41, 5.74) is 1.15. The molecule has 0 saturated heterocycles. The fraction of sp³-hybridized carbons (Fsp3) is 0.571. The van der Waals surface area contributed by atoms with Crippen LogP contribution < -0.4 is 9.16 Å². The number of hydrogen-bond donors (Lipinski definition) is 0. The molecular weight excluding hydrogens is 308 g/mol. The number of hydrogen-bond acceptors (Lipinski definition) is 2. The fourth-order valence-corrected chi connectivity index (χ4v) is 3.17. The van der Waals surface area contributed by atoms with Crippen molar-refractivity contribution in [3.8, 4) is 11.5 Å². The standard InChI is InChI=1S/C14H23BrO2Si/c1-10-8-11(15)13(12(9-10)16-5)17-18(6,7)14(2,3)4/h8-9H,1-7H3. The van der Waals surface area contributed by atoms with Crippen LogP contribution in [0.5, 0.6) is 11.5 Å². The van der Waals surface area contributed by atoms with Crippen molar-refractivity contribution in [2.45, 2.75) is 45.8 Å². The minimum absolute atomic E-state index is 0.169. The van der Waals surface area contributed by atoms with Crippen molar-refractivity contribution in [2.75, 3.05) is 7.11 Å². The van der Waals surface area contributed by atoms with Gasteiger partial charge < -0.3 is 9.16 Å². The Labute approximate surface area is 120 Å². The highest BCUT2D eigenvalue weighted by atomic mass is 79.9. The molecular formula is C14H23BrO2Si. The highest BCUT2D eigenvalue weighted by molar-refractivity contribution is 9.10. The summed E-state index contributed by atoms with van der Waals surface area (Å²) >= 11 is 3.58. The van der Waals surface area contributed by atoms with E-state index in [1.807, 2.05) is 13.0 Å². The molecule has 1 rings (SSSR count). The van der Waals surface area contributed by atoms with Gasteiger partial charge >= 0.3 is 0 Å². The first kappa shape index (κ1) is 15.6. The van der Waals surface area contributed by atoms with Crippen molar-refractivity contribution in [2.24, 2.45) is 0 Å². The molecule has 1 aromatic rings. The first-order chi connectivity index (χ1) is 8.08. The lowest BCUT2D eigenvalue weighted by atomic mass is 10.2. The van der Waals surface area contributed by atoms with Gasteiger partial charge in [-0.15, -0.1) is 0 Å². The molecule has 102 valence electrons. The predicted molar refractivity (Wildman–Crippen MR) is 83.3 cm³/mol. The highest BCUT2D eigenvalue weighted by Gasteiger charge is 2.40. The maximum absolute atomic E-state index is 6.34. The summed E-state index contributed by atoms with van der Waals surface area (Å²) in [6.07, 6.45) is 0. The van der Waals surface area contributed by atoms with Crippen molar-refractivity contribution < 1.29 is 9.16 Å². The van der Waals surface area contributed by atoms with Gasteiger partial charge in [-0.2, -0.15) is 0 Å². The smallest absolute Gasteiger partial charge is 0.250 e. The molecule has 0 heterocycles. The molecule has 0 aromatic heterocycles. The molecule has 0 aliphatic heterocycles. The molecule has 18 heavy (non-hydrogen) atoms. The molecule has 4 heteroatoms. The third-order valence-corrected chi connectivity index (χ3v) is 8.45. The molecule has 1 aromatic carbocycles. The van der Waals surface area contributed by atoms with Crippen LogP contribution >= 0.6 is 15.9 Å². The Morgan fingerprint density at radius 2 is 1.72 bits per heavy atom. The number of methoxy groups -OCH3 is 1. The lowest BCUT2D eigenvalue weighted by Gasteiger charge is -2.37. The molecule has 0 atom stereocenters. The Bertz CT molecular complexity index is 436. The van der Waals surface area contributed by atoms with E-state index in [0.29, 0.717) is 0 Å². The fourth-order valence-electron chi connectivity index (χ4n) is 1.36. The minimum atomic E-state index is -1.85. The summed E-state index contributed by atoms with van der Waals surface area (Å²) < 4.78 is 12.7. The lowest BCUT2D eigenvalue weighted by molar-refractivity contribution is 0.384. The zero-order valence-electron chi connectivity index (χ0n) is 12.3. The SMILES string of the molecule is COc1cc(C)cc(Br)c1O[Si](C)(C)C(C)(C)C. The van der Waals surface area contributed by atoms with Crippen molar-refractivity contribution in [1.82, 2.24) is 0 Å². The van der Waals surface area contributed by atoms with Crippen LogP contribution in [-0.2, 0) is 0 Å². The van der Waals surface area contributed by atoms with E-state index in [2.05, 4.69) is 55.9 Å². The van der Waals surface area contributed by atoms with Crippen LogP contribution in [0.25, 0.3) is 0 Å². The van der Waals surface area contributed by atoms with E-state index in [1.54, 1.807) is 7.11 Å². The number of rotatable bonds is 3. The van der Waals surface area contributed by atoms with Crippen molar-refractivity contribution in [3.05, 3.63) is 22.2 Å². The zero-order valence-corrected chi connectivity index (χ0v) is 14.9. The van der Waals surface area contributed by atoms with Crippen LogP contribution in [0.4, 0.5) is 0 Å². The van der Waals surface area contributed by atoms with Gasteiger partial charge in [-0.3, -0.25) is 0 Å². The van der Waals surface area contributed by atoms with Gasteiger partial charge in [0.2, 0.25) is 0 Å². The van der Waals surface area contributed by atoms with Gasteiger partial charge in [0, 0.05) is 0 Å². The monoisotopic (exact) mass is 330 g/mol. The van der Waals surface area contributed by atoms with Crippen LogP contribution in [0.3, 0.4) is 0 Å². The minimum Gasteiger partial charge on any atom is -0.540 e. The van der Waals surface area contributed by atoms with E-state index >= 15 is 0 Å². The van der Waals surface area contributed by atoms with Crippen LogP contribution in [0.15, 0.2) is 16.6 Å². The Kier molecular flexibility index (Phi) is 4.54. The Morgan fingerprint density at radius 3 is 2.17 bits per heavy atom. The Morgan fingerprint density at radius 1 is 1.17 bits per heavy atom. The topological polar surface area (TPSA) is 18.5 Å². The number of aryl methyl sites for hydroxylation is 1. The van der Waals surface area contributed by atoms with E-state index in [0.717, 1.165) is 21.5 Å².